The second kappa shape index (κ2) is 8.36. The SMILES string of the molecule is COc1ccccc1CC(=O)N1CCCN(Cc2c(C)noc2C)CC1. The predicted molar refractivity (Wildman–Crippen MR) is 99.1 cm³/mol. The number of aryl methyl sites for hydroxylation is 2. The minimum Gasteiger partial charge on any atom is -0.496 e. The number of carbonyl (C=O) groups is 1. The van der Waals surface area contributed by atoms with Crippen LogP contribution in [0.15, 0.2) is 28.8 Å². The van der Waals surface area contributed by atoms with Crippen molar-refractivity contribution < 1.29 is 14.1 Å². The Hall–Kier alpha value is -2.34. The molecule has 140 valence electrons. The highest BCUT2D eigenvalue weighted by Crippen LogP contribution is 2.20. The zero-order valence-electron chi connectivity index (χ0n) is 15.8. The lowest BCUT2D eigenvalue weighted by atomic mass is 10.1. The van der Waals surface area contributed by atoms with Crippen molar-refractivity contribution in [2.75, 3.05) is 33.3 Å². The molecule has 1 aromatic carbocycles. The number of ether oxygens (including phenoxy) is 1. The number of amides is 1. The second-order valence-electron chi connectivity index (χ2n) is 6.80. The molecule has 0 spiro atoms. The molecule has 0 saturated carbocycles. The zero-order valence-corrected chi connectivity index (χ0v) is 15.8. The summed E-state index contributed by atoms with van der Waals surface area (Å²) in [6, 6.07) is 7.72. The number of hydrogen-bond acceptors (Lipinski definition) is 5. The van der Waals surface area contributed by atoms with Crippen molar-refractivity contribution in [1.82, 2.24) is 15.0 Å². The number of para-hydroxylation sites is 1. The van der Waals surface area contributed by atoms with Crippen LogP contribution in [0.3, 0.4) is 0 Å². The van der Waals surface area contributed by atoms with Crippen LogP contribution >= 0.6 is 0 Å². The predicted octanol–water partition coefficient (Wildman–Crippen LogP) is 2.58. The van der Waals surface area contributed by atoms with E-state index < -0.39 is 0 Å². The molecule has 1 aliphatic rings. The van der Waals surface area contributed by atoms with Crippen LogP contribution < -0.4 is 4.74 Å². The van der Waals surface area contributed by atoms with Gasteiger partial charge >= 0.3 is 0 Å². The van der Waals surface area contributed by atoms with Gasteiger partial charge in [-0.25, -0.2) is 0 Å². The van der Waals surface area contributed by atoms with E-state index in [4.69, 9.17) is 9.26 Å². The molecule has 2 heterocycles. The molecule has 0 bridgehead atoms. The van der Waals surface area contributed by atoms with Crippen molar-refractivity contribution in [3.8, 4) is 5.75 Å². The van der Waals surface area contributed by atoms with Crippen LogP contribution in [0.2, 0.25) is 0 Å². The molecule has 1 aromatic heterocycles. The maximum Gasteiger partial charge on any atom is 0.227 e. The molecule has 6 nitrogen and oxygen atoms in total. The molecule has 3 rings (SSSR count). The van der Waals surface area contributed by atoms with Crippen molar-refractivity contribution in [2.45, 2.75) is 33.2 Å². The van der Waals surface area contributed by atoms with Gasteiger partial charge in [0.2, 0.25) is 5.91 Å². The monoisotopic (exact) mass is 357 g/mol. The van der Waals surface area contributed by atoms with Crippen molar-refractivity contribution in [2.24, 2.45) is 0 Å². The van der Waals surface area contributed by atoms with Crippen LogP contribution in [0.4, 0.5) is 0 Å². The third-order valence-electron chi connectivity index (χ3n) is 5.04. The molecule has 2 aromatic rings. The summed E-state index contributed by atoms with van der Waals surface area (Å²) in [4.78, 5) is 17.1. The number of benzene rings is 1. The Morgan fingerprint density at radius 1 is 1.19 bits per heavy atom. The van der Waals surface area contributed by atoms with Gasteiger partial charge in [-0.2, -0.15) is 0 Å². The van der Waals surface area contributed by atoms with Gasteiger partial charge in [0.1, 0.15) is 11.5 Å². The van der Waals surface area contributed by atoms with Crippen LogP contribution in [-0.4, -0.2) is 54.2 Å². The first-order valence-electron chi connectivity index (χ1n) is 9.12. The quantitative estimate of drug-likeness (QED) is 0.823. The van der Waals surface area contributed by atoms with Crippen molar-refractivity contribution in [3.05, 3.63) is 46.8 Å². The number of hydrogen-bond donors (Lipinski definition) is 0. The average molecular weight is 357 g/mol. The normalized spacial score (nSPS) is 15.7. The molecular formula is C20H27N3O3. The Bertz CT molecular complexity index is 737. The standard InChI is InChI=1S/C20H27N3O3/c1-15-18(16(2)26-21-15)14-22-9-6-10-23(12-11-22)20(24)13-17-7-4-5-8-19(17)25-3/h4-5,7-8H,6,9-14H2,1-3H3. The van der Waals surface area contributed by atoms with Crippen molar-refractivity contribution in [1.29, 1.82) is 0 Å². The van der Waals surface area contributed by atoms with E-state index in [1.54, 1.807) is 7.11 Å². The molecule has 1 fully saturated rings. The first kappa shape index (κ1) is 18.5. The molecule has 0 radical (unpaired) electrons. The Kier molecular flexibility index (Phi) is 5.93. The molecule has 1 amide bonds. The Morgan fingerprint density at radius 3 is 2.73 bits per heavy atom. The number of nitrogens with zero attached hydrogens (tertiary/aromatic N) is 3. The smallest absolute Gasteiger partial charge is 0.227 e. The largest absolute Gasteiger partial charge is 0.496 e. The summed E-state index contributed by atoms with van der Waals surface area (Å²) in [5.74, 6) is 1.82. The third-order valence-corrected chi connectivity index (χ3v) is 5.04. The van der Waals surface area contributed by atoms with Crippen LogP contribution in [-0.2, 0) is 17.8 Å². The van der Waals surface area contributed by atoms with Crippen LogP contribution in [0.5, 0.6) is 5.75 Å². The number of methoxy groups -OCH3 is 1. The van der Waals surface area contributed by atoms with Crippen molar-refractivity contribution >= 4 is 5.91 Å². The lowest BCUT2D eigenvalue weighted by Crippen LogP contribution is -2.36. The lowest BCUT2D eigenvalue weighted by Gasteiger charge is -2.22. The fourth-order valence-corrected chi connectivity index (χ4v) is 3.45. The van der Waals surface area contributed by atoms with Crippen molar-refractivity contribution in [3.63, 3.8) is 0 Å². The lowest BCUT2D eigenvalue weighted by molar-refractivity contribution is -0.130. The first-order valence-corrected chi connectivity index (χ1v) is 9.12. The summed E-state index contributed by atoms with van der Waals surface area (Å²) in [5, 5.41) is 4.03. The molecule has 26 heavy (non-hydrogen) atoms. The number of rotatable bonds is 5. The van der Waals surface area contributed by atoms with Crippen LogP contribution in [0.25, 0.3) is 0 Å². The maximum absolute atomic E-state index is 12.7. The molecule has 0 aliphatic carbocycles. The maximum atomic E-state index is 12.7. The third kappa shape index (κ3) is 4.25. The zero-order chi connectivity index (χ0) is 18.5. The highest BCUT2D eigenvalue weighted by Gasteiger charge is 2.21. The van der Waals surface area contributed by atoms with Gasteiger partial charge in [0, 0.05) is 43.9 Å². The Morgan fingerprint density at radius 2 is 2.00 bits per heavy atom. The van der Waals surface area contributed by atoms with E-state index in [9.17, 15) is 4.79 Å². The van der Waals surface area contributed by atoms with Gasteiger partial charge in [-0.1, -0.05) is 23.4 Å². The molecule has 1 saturated heterocycles. The van der Waals surface area contributed by atoms with Gasteiger partial charge < -0.3 is 14.2 Å². The van der Waals surface area contributed by atoms with E-state index in [2.05, 4.69) is 10.1 Å². The molecule has 0 unspecified atom stereocenters. The molecule has 1 aliphatic heterocycles. The molecule has 0 N–H and O–H groups in total. The van der Waals surface area contributed by atoms with E-state index in [1.165, 1.54) is 5.56 Å². The Balaban J connectivity index is 1.58. The summed E-state index contributed by atoms with van der Waals surface area (Å²) < 4.78 is 10.6. The number of aromatic nitrogens is 1. The molecule has 0 atom stereocenters. The van der Waals surface area contributed by atoms with Gasteiger partial charge in [-0.15, -0.1) is 0 Å². The highest BCUT2D eigenvalue weighted by atomic mass is 16.5. The first-order chi connectivity index (χ1) is 12.6. The highest BCUT2D eigenvalue weighted by molar-refractivity contribution is 5.79. The van der Waals surface area contributed by atoms with Gasteiger partial charge in [0.05, 0.1) is 19.2 Å². The van der Waals surface area contributed by atoms with E-state index in [0.29, 0.717) is 6.42 Å². The molecule has 6 heteroatoms. The Labute approximate surface area is 154 Å². The summed E-state index contributed by atoms with van der Waals surface area (Å²) in [7, 11) is 1.64. The topological polar surface area (TPSA) is 58.8 Å². The van der Waals surface area contributed by atoms with Crippen LogP contribution in [0.1, 0.15) is 29.0 Å². The fourth-order valence-electron chi connectivity index (χ4n) is 3.45. The van der Waals surface area contributed by atoms with Gasteiger partial charge in [0.15, 0.2) is 0 Å². The summed E-state index contributed by atoms with van der Waals surface area (Å²) in [5.41, 5.74) is 3.06. The summed E-state index contributed by atoms with van der Waals surface area (Å²) in [6.45, 7) is 8.15. The van der Waals surface area contributed by atoms with E-state index >= 15 is 0 Å². The van der Waals surface area contributed by atoms with Gasteiger partial charge in [0.25, 0.3) is 0 Å². The fraction of sp³-hybridized carbons (Fsp3) is 0.500. The van der Waals surface area contributed by atoms with E-state index in [1.807, 2.05) is 43.0 Å². The molecular weight excluding hydrogens is 330 g/mol. The second-order valence-corrected chi connectivity index (χ2v) is 6.80. The van der Waals surface area contributed by atoms with E-state index in [0.717, 1.165) is 61.9 Å². The summed E-state index contributed by atoms with van der Waals surface area (Å²) >= 11 is 0. The summed E-state index contributed by atoms with van der Waals surface area (Å²) in [6.07, 6.45) is 1.36. The van der Waals surface area contributed by atoms with Crippen LogP contribution in [0, 0.1) is 13.8 Å². The van der Waals surface area contributed by atoms with Gasteiger partial charge in [-0.05, 0) is 26.3 Å². The minimum atomic E-state index is 0.161. The van der Waals surface area contributed by atoms with E-state index in [-0.39, 0.29) is 5.91 Å². The average Bonchev–Trinajstić information content (AvgIpc) is 2.85. The number of carbonyl (C=O) groups excluding carboxylic acids is 1. The minimum absolute atomic E-state index is 0.161. The van der Waals surface area contributed by atoms with Gasteiger partial charge in [-0.3, -0.25) is 9.69 Å².